The SMILES string of the molecule is COc1ccc(COC[C@@H]2O[C@H]2c2ccc(Br)cc2)cc1. The maximum atomic E-state index is 5.72. The van der Waals surface area contributed by atoms with Gasteiger partial charge in [-0.3, -0.25) is 0 Å². The molecule has 1 aliphatic rings. The zero-order valence-electron chi connectivity index (χ0n) is 11.8. The molecule has 0 amide bonds. The van der Waals surface area contributed by atoms with Crippen molar-refractivity contribution >= 4 is 15.9 Å². The summed E-state index contributed by atoms with van der Waals surface area (Å²) in [4.78, 5) is 0. The number of epoxide rings is 1. The molecule has 0 aliphatic carbocycles. The summed E-state index contributed by atoms with van der Waals surface area (Å²) in [5, 5.41) is 0. The number of ether oxygens (including phenoxy) is 3. The van der Waals surface area contributed by atoms with Crippen LogP contribution in [0.3, 0.4) is 0 Å². The number of methoxy groups -OCH3 is 1. The summed E-state index contributed by atoms with van der Waals surface area (Å²) in [6, 6.07) is 16.1. The molecule has 0 spiro atoms. The number of benzene rings is 2. The Balaban J connectivity index is 1.43. The molecule has 3 rings (SSSR count). The third kappa shape index (κ3) is 3.84. The Morgan fingerprint density at radius 1 is 1.05 bits per heavy atom. The molecule has 1 fully saturated rings. The number of rotatable bonds is 6. The van der Waals surface area contributed by atoms with Crippen LogP contribution in [0.25, 0.3) is 0 Å². The molecular weight excluding hydrogens is 332 g/mol. The van der Waals surface area contributed by atoms with E-state index in [4.69, 9.17) is 14.2 Å². The summed E-state index contributed by atoms with van der Waals surface area (Å²) in [7, 11) is 1.66. The molecule has 0 N–H and O–H groups in total. The van der Waals surface area contributed by atoms with Crippen molar-refractivity contribution < 1.29 is 14.2 Å². The highest BCUT2D eigenvalue weighted by atomic mass is 79.9. The van der Waals surface area contributed by atoms with E-state index in [2.05, 4.69) is 28.1 Å². The third-order valence-corrected chi connectivity index (χ3v) is 4.02. The Hall–Kier alpha value is -1.36. The molecule has 0 aromatic heterocycles. The van der Waals surface area contributed by atoms with Gasteiger partial charge in [-0.2, -0.15) is 0 Å². The van der Waals surface area contributed by atoms with Crippen LogP contribution < -0.4 is 4.74 Å². The van der Waals surface area contributed by atoms with Crippen molar-refractivity contribution in [3.05, 3.63) is 64.1 Å². The first-order valence-corrected chi connectivity index (χ1v) is 7.67. The predicted molar refractivity (Wildman–Crippen MR) is 84.4 cm³/mol. The van der Waals surface area contributed by atoms with E-state index in [0.717, 1.165) is 15.8 Å². The monoisotopic (exact) mass is 348 g/mol. The van der Waals surface area contributed by atoms with Gasteiger partial charge >= 0.3 is 0 Å². The van der Waals surface area contributed by atoms with Gasteiger partial charge in [-0.15, -0.1) is 0 Å². The van der Waals surface area contributed by atoms with Gasteiger partial charge in [0.2, 0.25) is 0 Å². The zero-order chi connectivity index (χ0) is 14.7. The van der Waals surface area contributed by atoms with E-state index in [-0.39, 0.29) is 12.2 Å². The standard InChI is InChI=1S/C17H17BrO3/c1-19-15-8-2-12(3-9-15)10-20-11-16-17(21-16)13-4-6-14(18)7-5-13/h2-9,16-17H,10-11H2,1H3/t16-,17-/m0/s1. The van der Waals surface area contributed by atoms with Crippen LogP contribution in [0, 0.1) is 0 Å². The average Bonchev–Trinajstić information content (AvgIpc) is 3.28. The van der Waals surface area contributed by atoms with Crippen molar-refractivity contribution in [2.45, 2.75) is 18.8 Å². The maximum Gasteiger partial charge on any atom is 0.118 e. The molecule has 2 aromatic carbocycles. The molecular formula is C17H17BrO3. The Morgan fingerprint density at radius 3 is 2.43 bits per heavy atom. The Labute approximate surface area is 133 Å². The van der Waals surface area contributed by atoms with Gasteiger partial charge in [0.15, 0.2) is 0 Å². The summed E-state index contributed by atoms with van der Waals surface area (Å²) >= 11 is 3.43. The lowest BCUT2D eigenvalue weighted by Gasteiger charge is -2.04. The third-order valence-electron chi connectivity index (χ3n) is 3.49. The van der Waals surface area contributed by atoms with Crippen LogP contribution >= 0.6 is 15.9 Å². The molecule has 0 bridgehead atoms. The van der Waals surface area contributed by atoms with Crippen LogP contribution in [0.2, 0.25) is 0 Å². The molecule has 2 atom stereocenters. The van der Waals surface area contributed by atoms with Gasteiger partial charge in [0.1, 0.15) is 18.0 Å². The predicted octanol–water partition coefficient (Wildman–Crippen LogP) is 4.11. The summed E-state index contributed by atoms with van der Waals surface area (Å²) in [5.74, 6) is 0.861. The molecule has 0 unspecified atom stereocenters. The molecule has 1 saturated heterocycles. The van der Waals surface area contributed by atoms with Gasteiger partial charge in [0.05, 0.1) is 20.3 Å². The van der Waals surface area contributed by atoms with E-state index in [9.17, 15) is 0 Å². The lowest BCUT2D eigenvalue weighted by atomic mass is 10.1. The quantitative estimate of drug-likeness (QED) is 0.736. The van der Waals surface area contributed by atoms with Crippen molar-refractivity contribution in [3.8, 4) is 5.75 Å². The van der Waals surface area contributed by atoms with Gasteiger partial charge in [0.25, 0.3) is 0 Å². The molecule has 21 heavy (non-hydrogen) atoms. The summed E-state index contributed by atoms with van der Waals surface area (Å²) < 4.78 is 17.6. The lowest BCUT2D eigenvalue weighted by molar-refractivity contribution is 0.104. The van der Waals surface area contributed by atoms with E-state index in [1.165, 1.54) is 5.56 Å². The average molecular weight is 349 g/mol. The first-order valence-electron chi connectivity index (χ1n) is 6.88. The normalized spacial score (nSPS) is 20.3. The fraction of sp³-hybridized carbons (Fsp3) is 0.294. The van der Waals surface area contributed by atoms with Gasteiger partial charge in [-0.1, -0.05) is 40.2 Å². The van der Waals surface area contributed by atoms with Crippen molar-refractivity contribution in [3.63, 3.8) is 0 Å². The van der Waals surface area contributed by atoms with Crippen LogP contribution in [0.5, 0.6) is 5.75 Å². The second kappa shape index (κ2) is 6.60. The van der Waals surface area contributed by atoms with Crippen LogP contribution in [0.15, 0.2) is 53.0 Å². The van der Waals surface area contributed by atoms with Gasteiger partial charge in [-0.05, 0) is 35.4 Å². The largest absolute Gasteiger partial charge is 0.497 e. The Morgan fingerprint density at radius 2 is 1.76 bits per heavy atom. The topological polar surface area (TPSA) is 31.0 Å². The zero-order valence-corrected chi connectivity index (χ0v) is 13.4. The smallest absolute Gasteiger partial charge is 0.118 e. The van der Waals surface area contributed by atoms with E-state index in [0.29, 0.717) is 13.2 Å². The van der Waals surface area contributed by atoms with Gasteiger partial charge in [-0.25, -0.2) is 0 Å². The van der Waals surface area contributed by atoms with E-state index in [1.807, 2.05) is 36.4 Å². The molecule has 0 saturated carbocycles. The summed E-state index contributed by atoms with van der Waals surface area (Å²) in [5.41, 5.74) is 2.34. The number of hydrogen-bond donors (Lipinski definition) is 0. The van der Waals surface area contributed by atoms with E-state index < -0.39 is 0 Å². The fourth-order valence-corrected chi connectivity index (χ4v) is 2.49. The summed E-state index contributed by atoms with van der Waals surface area (Å²) in [6.07, 6.45) is 0.346. The fourth-order valence-electron chi connectivity index (χ4n) is 2.23. The minimum atomic E-state index is 0.171. The highest BCUT2D eigenvalue weighted by Gasteiger charge is 2.40. The second-order valence-electron chi connectivity index (χ2n) is 5.01. The van der Waals surface area contributed by atoms with Crippen LogP contribution in [-0.2, 0) is 16.1 Å². The highest BCUT2D eigenvalue weighted by molar-refractivity contribution is 9.10. The molecule has 1 heterocycles. The van der Waals surface area contributed by atoms with Gasteiger partial charge < -0.3 is 14.2 Å². The Bertz CT molecular complexity index is 580. The first-order chi connectivity index (χ1) is 10.3. The number of halogens is 1. The maximum absolute atomic E-state index is 5.72. The second-order valence-corrected chi connectivity index (χ2v) is 5.93. The minimum Gasteiger partial charge on any atom is -0.497 e. The molecule has 0 radical (unpaired) electrons. The van der Waals surface area contributed by atoms with Crippen molar-refractivity contribution in [2.75, 3.05) is 13.7 Å². The summed E-state index contributed by atoms with van der Waals surface area (Å²) in [6.45, 7) is 1.21. The van der Waals surface area contributed by atoms with Crippen molar-refractivity contribution in [2.24, 2.45) is 0 Å². The minimum absolute atomic E-state index is 0.171. The van der Waals surface area contributed by atoms with Crippen molar-refractivity contribution in [1.29, 1.82) is 0 Å². The van der Waals surface area contributed by atoms with Crippen LogP contribution in [0.4, 0.5) is 0 Å². The Kier molecular flexibility index (Phi) is 4.58. The lowest BCUT2D eigenvalue weighted by Crippen LogP contribution is -2.02. The molecule has 2 aromatic rings. The number of hydrogen-bond acceptors (Lipinski definition) is 3. The van der Waals surface area contributed by atoms with E-state index in [1.54, 1.807) is 7.11 Å². The highest BCUT2D eigenvalue weighted by Crippen LogP contribution is 2.39. The molecule has 110 valence electrons. The molecule has 4 heteroatoms. The van der Waals surface area contributed by atoms with Gasteiger partial charge in [0, 0.05) is 4.47 Å². The molecule has 3 nitrogen and oxygen atoms in total. The van der Waals surface area contributed by atoms with Crippen LogP contribution in [0.1, 0.15) is 17.2 Å². The molecule has 1 aliphatic heterocycles. The first kappa shape index (κ1) is 14.6. The van der Waals surface area contributed by atoms with E-state index >= 15 is 0 Å². The van der Waals surface area contributed by atoms with Crippen LogP contribution in [-0.4, -0.2) is 19.8 Å². The van der Waals surface area contributed by atoms with Crippen molar-refractivity contribution in [1.82, 2.24) is 0 Å².